The molecule has 2 aromatic rings. The van der Waals surface area contributed by atoms with Crippen molar-refractivity contribution in [3.8, 4) is 11.1 Å². The van der Waals surface area contributed by atoms with Crippen molar-refractivity contribution < 1.29 is 14.6 Å². The minimum atomic E-state index is -0.894. The molecule has 2 aromatic carbocycles. The summed E-state index contributed by atoms with van der Waals surface area (Å²) in [6.07, 6.45) is 1.04. The van der Waals surface area contributed by atoms with E-state index in [0.29, 0.717) is 5.56 Å². The molecule has 0 radical (unpaired) electrons. The molecule has 1 fully saturated rings. The van der Waals surface area contributed by atoms with Crippen LogP contribution in [-0.2, 0) is 11.2 Å². The lowest BCUT2D eigenvalue weighted by molar-refractivity contribution is 0.0384. The monoisotopic (exact) mass is 311 g/mol. The van der Waals surface area contributed by atoms with Crippen LogP contribution in [0.2, 0.25) is 0 Å². The molecule has 4 heteroatoms. The van der Waals surface area contributed by atoms with E-state index in [9.17, 15) is 4.79 Å². The SMILES string of the molecule is O=C(O)c1ccc(-c2ccc(CCN3CCOCC3)cc2)cc1. The topological polar surface area (TPSA) is 49.8 Å². The number of carboxylic acids is 1. The predicted molar refractivity (Wildman–Crippen MR) is 89.8 cm³/mol. The Morgan fingerprint density at radius 3 is 2.09 bits per heavy atom. The van der Waals surface area contributed by atoms with Crippen molar-refractivity contribution in [2.75, 3.05) is 32.8 Å². The molecule has 0 saturated carbocycles. The highest BCUT2D eigenvalue weighted by molar-refractivity contribution is 5.88. The van der Waals surface area contributed by atoms with Gasteiger partial charge in [0.1, 0.15) is 0 Å². The van der Waals surface area contributed by atoms with E-state index >= 15 is 0 Å². The van der Waals surface area contributed by atoms with Crippen molar-refractivity contribution in [3.63, 3.8) is 0 Å². The Hall–Kier alpha value is -2.17. The number of morpholine rings is 1. The lowest BCUT2D eigenvalue weighted by Gasteiger charge is -2.26. The van der Waals surface area contributed by atoms with Gasteiger partial charge in [0.2, 0.25) is 0 Å². The Labute approximate surface area is 136 Å². The quantitative estimate of drug-likeness (QED) is 0.922. The van der Waals surface area contributed by atoms with Crippen LogP contribution in [0.3, 0.4) is 0 Å². The summed E-state index contributed by atoms with van der Waals surface area (Å²) < 4.78 is 5.36. The average molecular weight is 311 g/mol. The van der Waals surface area contributed by atoms with Gasteiger partial charge in [0, 0.05) is 19.6 Å². The Kier molecular flexibility index (Phi) is 5.05. The minimum absolute atomic E-state index is 0.316. The summed E-state index contributed by atoms with van der Waals surface area (Å²) in [5.74, 6) is -0.894. The van der Waals surface area contributed by atoms with Crippen molar-refractivity contribution in [3.05, 3.63) is 59.7 Å². The number of benzene rings is 2. The van der Waals surface area contributed by atoms with Crippen LogP contribution in [0.1, 0.15) is 15.9 Å². The molecule has 23 heavy (non-hydrogen) atoms. The normalized spacial score (nSPS) is 15.5. The molecule has 0 unspecified atom stereocenters. The third-order valence-electron chi connectivity index (χ3n) is 4.24. The molecule has 0 aliphatic carbocycles. The van der Waals surface area contributed by atoms with Crippen LogP contribution < -0.4 is 0 Å². The van der Waals surface area contributed by atoms with E-state index in [2.05, 4.69) is 29.2 Å². The van der Waals surface area contributed by atoms with Gasteiger partial charge < -0.3 is 9.84 Å². The number of hydrogen-bond acceptors (Lipinski definition) is 3. The fourth-order valence-corrected chi connectivity index (χ4v) is 2.78. The summed E-state index contributed by atoms with van der Waals surface area (Å²) in [4.78, 5) is 13.3. The molecule has 0 spiro atoms. The molecule has 3 rings (SSSR count). The summed E-state index contributed by atoms with van der Waals surface area (Å²) in [5, 5.41) is 8.94. The van der Waals surface area contributed by atoms with Crippen LogP contribution in [0.4, 0.5) is 0 Å². The molecule has 0 bridgehead atoms. The van der Waals surface area contributed by atoms with Crippen molar-refractivity contribution in [2.45, 2.75) is 6.42 Å². The maximum atomic E-state index is 10.9. The van der Waals surface area contributed by atoms with Gasteiger partial charge in [0.05, 0.1) is 18.8 Å². The van der Waals surface area contributed by atoms with Gasteiger partial charge in [-0.2, -0.15) is 0 Å². The fourth-order valence-electron chi connectivity index (χ4n) is 2.78. The summed E-state index contributed by atoms with van der Waals surface area (Å²) in [7, 11) is 0. The van der Waals surface area contributed by atoms with Crippen molar-refractivity contribution in [1.29, 1.82) is 0 Å². The van der Waals surface area contributed by atoms with Gasteiger partial charge in [-0.15, -0.1) is 0 Å². The molecule has 0 aromatic heterocycles. The number of hydrogen-bond donors (Lipinski definition) is 1. The molecule has 1 saturated heterocycles. The molecule has 1 aliphatic heterocycles. The number of nitrogens with zero attached hydrogens (tertiary/aromatic N) is 1. The molecule has 120 valence electrons. The summed E-state index contributed by atoms with van der Waals surface area (Å²) in [6.45, 7) is 4.79. The van der Waals surface area contributed by atoms with Gasteiger partial charge in [-0.1, -0.05) is 36.4 Å². The molecule has 1 heterocycles. The highest BCUT2D eigenvalue weighted by Crippen LogP contribution is 2.20. The second-order valence-electron chi connectivity index (χ2n) is 5.78. The van der Waals surface area contributed by atoms with E-state index in [-0.39, 0.29) is 0 Å². The van der Waals surface area contributed by atoms with Crippen LogP contribution >= 0.6 is 0 Å². The van der Waals surface area contributed by atoms with E-state index in [1.807, 2.05) is 12.1 Å². The molecule has 0 amide bonds. The van der Waals surface area contributed by atoms with Crippen LogP contribution in [0.15, 0.2) is 48.5 Å². The molecular formula is C19H21NO3. The number of rotatable bonds is 5. The zero-order valence-corrected chi connectivity index (χ0v) is 13.1. The van der Waals surface area contributed by atoms with Crippen LogP contribution in [0.5, 0.6) is 0 Å². The van der Waals surface area contributed by atoms with Crippen molar-refractivity contribution >= 4 is 5.97 Å². The third-order valence-corrected chi connectivity index (χ3v) is 4.24. The predicted octanol–water partition coefficient (Wildman–Crippen LogP) is 2.93. The first-order valence-corrected chi connectivity index (χ1v) is 7.95. The lowest BCUT2D eigenvalue weighted by Crippen LogP contribution is -2.37. The second-order valence-corrected chi connectivity index (χ2v) is 5.78. The van der Waals surface area contributed by atoms with Crippen molar-refractivity contribution in [2.24, 2.45) is 0 Å². The second kappa shape index (κ2) is 7.40. The Balaban J connectivity index is 1.61. The first-order chi connectivity index (χ1) is 11.2. The van der Waals surface area contributed by atoms with Crippen molar-refractivity contribution in [1.82, 2.24) is 4.90 Å². The maximum Gasteiger partial charge on any atom is 0.335 e. The average Bonchev–Trinajstić information content (AvgIpc) is 2.61. The summed E-state index contributed by atoms with van der Waals surface area (Å²) >= 11 is 0. The van der Waals surface area contributed by atoms with Gasteiger partial charge in [-0.25, -0.2) is 4.79 Å². The van der Waals surface area contributed by atoms with Gasteiger partial charge in [-0.3, -0.25) is 4.90 Å². The lowest BCUT2D eigenvalue weighted by atomic mass is 10.0. The third kappa shape index (κ3) is 4.18. The number of ether oxygens (including phenoxy) is 1. The molecule has 1 N–H and O–H groups in total. The first kappa shape index (κ1) is 15.7. The summed E-state index contributed by atoms with van der Waals surface area (Å²) in [5.41, 5.74) is 3.78. The Morgan fingerprint density at radius 1 is 0.957 bits per heavy atom. The highest BCUT2D eigenvalue weighted by Gasteiger charge is 2.10. The van der Waals surface area contributed by atoms with E-state index in [1.165, 1.54) is 5.56 Å². The number of aromatic carboxylic acids is 1. The Morgan fingerprint density at radius 2 is 1.52 bits per heavy atom. The van der Waals surface area contributed by atoms with Gasteiger partial charge in [-0.05, 0) is 35.2 Å². The number of carboxylic acid groups (broad SMARTS) is 1. The first-order valence-electron chi connectivity index (χ1n) is 7.95. The van der Waals surface area contributed by atoms with Gasteiger partial charge in [0.15, 0.2) is 0 Å². The number of carbonyl (C=O) groups is 1. The smallest absolute Gasteiger partial charge is 0.335 e. The van der Waals surface area contributed by atoms with Gasteiger partial charge >= 0.3 is 5.97 Å². The van der Waals surface area contributed by atoms with Gasteiger partial charge in [0.25, 0.3) is 0 Å². The van der Waals surface area contributed by atoms with Crippen LogP contribution in [0.25, 0.3) is 11.1 Å². The highest BCUT2D eigenvalue weighted by atomic mass is 16.5. The van der Waals surface area contributed by atoms with E-state index in [4.69, 9.17) is 9.84 Å². The van der Waals surface area contributed by atoms with Crippen LogP contribution in [0, 0.1) is 0 Å². The molecule has 0 atom stereocenters. The van der Waals surface area contributed by atoms with E-state index in [0.717, 1.165) is 50.4 Å². The van der Waals surface area contributed by atoms with E-state index in [1.54, 1.807) is 12.1 Å². The molecule has 1 aliphatic rings. The zero-order chi connectivity index (χ0) is 16.1. The summed E-state index contributed by atoms with van der Waals surface area (Å²) in [6, 6.07) is 15.5. The molecule has 4 nitrogen and oxygen atoms in total. The standard InChI is InChI=1S/C19H21NO3/c21-19(22)18-7-5-17(6-8-18)16-3-1-15(2-4-16)9-10-20-11-13-23-14-12-20/h1-8H,9-14H2,(H,21,22). The maximum absolute atomic E-state index is 10.9. The van der Waals surface area contributed by atoms with E-state index < -0.39 is 5.97 Å². The Bertz CT molecular complexity index is 643. The molecular weight excluding hydrogens is 290 g/mol. The minimum Gasteiger partial charge on any atom is -0.478 e. The zero-order valence-electron chi connectivity index (χ0n) is 13.1. The largest absolute Gasteiger partial charge is 0.478 e. The van der Waals surface area contributed by atoms with Crippen LogP contribution in [-0.4, -0.2) is 48.8 Å². The fraction of sp³-hybridized carbons (Fsp3) is 0.316.